The number of benzene rings is 3. The van der Waals surface area contributed by atoms with E-state index in [9.17, 15) is 19.2 Å². The summed E-state index contributed by atoms with van der Waals surface area (Å²) in [5.41, 5.74) is 0.00311. The molecule has 0 aliphatic carbocycles. The maximum absolute atomic E-state index is 13.1. The highest BCUT2D eigenvalue weighted by molar-refractivity contribution is 7.10. The number of carbonyl (C=O) groups excluding carboxylic acids is 3. The van der Waals surface area contributed by atoms with Gasteiger partial charge in [0.2, 0.25) is 4.47 Å². The van der Waals surface area contributed by atoms with E-state index >= 15 is 0 Å². The number of hydrogen-bond donors (Lipinski definition) is 0. The van der Waals surface area contributed by atoms with Crippen LogP contribution in [-0.4, -0.2) is 51.8 Å². The molecular weight excluding hydrogens is 560 g/mol. The van der Waals surface area contributed by atoms with Gasteiger partial charge in [0.25, 0.3) is 0 Å². The van der Waals surface area contributed by atoms with Crippen LogP contribution in [0.5, 0.6) is 0 Å². The first-order chi connectivity index (χ1) is 19.4. The first-order valence-electron chi connectivity index (χ1n) is 12.1. The number of rotatable bonds is 8. The minimum atomic E-state index is -1.32. The molecule has 0 unspecified atom stereocenters. The van der Waals surface area contributed by atoms with Gasteiger partial charge in [-0.25, -0.2) is 23.1 Å². The van der Waals surface area contributed by atoms with Gasteiger partial charge in [-0.2, -0.15) is 4.98 Å². The molecule has 0 amide bonds. The fraction of sp³-hybridized carbons (Fsp3) is 0.179. The van der Waals surface area contributed by atoms with E-state index in [2.05, 4.69) is 4.98 Å². The van der Waals surface area contributed by atoms with Crippen molar-refractivity contribution in [1.29, 1.82) is 0 Å². The maximum Gasteiger partial charge on any atom is 0.361 e. The summed E-state index contributed by atoms with van der Waals surface area (Å²) in [6.45, 7) is -0.377. The minimum absolute atomic E-state index is 0.0708. The van der Waals surface area contributed by atoms with Gasteiger partial charge < -0.3 is 18.9 Å². The highest BCUT2D eigenvalue weighted by Gasteiger charge is 2.52. The van der Waals surface area contributed by atoms with Gasteiger partial charge in [0.1, 0.15) is 12.7 Å². The van der Waals surface area contributed by atoms with E-state index in [4.69, 9.17) is 30.5 Å². The van der Waals surface area contributed by atoms with Crippen molar-refractivity contribution in [2.24, 2.45) is 0 Å². The van der Waals surface area contributed by atoms with Crippen molar-refractivity contribution in [2.75, 3.05) is 6.61 Å². The molecule has 5 rings (SSSR count). The molecule has 204 valence electrons. The summed E-state index contributed by atoms with van der Waals surface area (Å²) in [6.07, 6.45) is -5.00. The summed E-state index contributed by atoms with van der Waals surface area (Å²) in [6, 6.07) is 24.6. The summed E-state index contributed by atoms with van der Waals surface area (Å²) >= 11 is 6.74. The van der Waals surface area contributed by atoms with Crippen molar-refractivity contribution < 1.29 is 33.3 Å². The molecule has 0 N–H and O–H groups in total. The van der Waals surface area contributed by atoms with Gasteiger partial charge in [-0.05, 0) is 59.5 Å². The van der Waals surface area contributed by atoms with E-state index in [-0.39, 0.29) is 22.2 Å². The van der Waals surface area contributed by atoms with Gasteiger partial charge in [-0.1, -0.05) is 54.6 Å². The first-order valence-corrected chi connectivity index (χ1v) is 13.2. The number of esters is 3. The molecule has 1 aromatic heterocycles. The summed E-state index contributed by atoms with van der Waals surface area (Å²) in [5, 5.41) is 0. The van der Waals surface area contributed by atoms with Crippen molar-refractivity contribution in [1.82, 2.24) is 8.94 Å². The molecule has 3 aromatic carbocycles. The van der Waals surface area contributed by atoms with Gasteiger partial charge in [-0.3, -0.25) is 0 Å². The van der Waals surface area contributed by atoms with Crippen LogP contribution in [0.15, 0.2) is 95.8 Å². The van der Waals surface area contributed by atoms with Gasteiger partial charge in [0.15, 0.2) is 18.4 Å². The average molecular weight is 581 g/mol. The van der Waals surface area contributed by atoms with E-state index in [0.29, 0.717) is 5.56 Å². The molecule has 0 spiro atoms. The molecule has 4 aromatic rings. The molecule has 0 bridgehead atoms. The third-order valence-electron chi connectivity index (χ3n) is 5.96. The molecule has 4 atom stereocenters. The zero-order valence-electron chi connectivity index (χ0n) is 20.6. The molecule has 0 saturated carbocycles. The van der Waals surface area contributed by atoms with Crippen LogP contribution in [0, 0.1) is 0 Å². The number of carbonyl (C=O) groups is 3. The van der Waals surface area contributed by atoms with Crippen molar-refractivity contribution in [3.05, 3.63) is 123 Å². The van der Waals surface area contributed by atoms with Crippen LogP contribution in [0.1, 0.15) is 37.3 Å². The van der Waals surface area contributed by atoms with Crippen LogP contribution < -0.4 is 5.69 Å². The smallest absolute Gasteiger partial charge is 0.361 e. The van der Waals surface area contributed by atoms with E-state index in [1.165, 1.54) is 0 Å². The van der Waals surface area contributed by atoms with Crippen molar-refractivity contribution in [3.63, 3.8) is 0 Å². The Kier molecular flexibility index (Phi) is 8.34. The molecular formula is C28H21ClN2O8S. The highest BCUT2D eigenvalue weighted by atomic mass is 35.5. The topological polar surface area (TPSA) is 123 Å². The Labute approximate surface area is 236 Å². The summed E-state index contributed by atoms with van der Waals surface area (Å²) in [7, 11) is 0. The predicted octanol–water partition coefficient (Wildman–Crippen LogP) is 4.16. The Bertz CT molecular complexity index is 1540. The predicted molar refractivity (Wildman–Crippen MR) is 143 cm³/mol. The lowest BCUT2D eigenvalue weighted by atomic mass is 10.1. The third-order valence-corrected chi connectivity index (χ3v) is 7.05. The molecule has 12 heteroatoms. The number of aromatic nitrogens is 2. The Morgan fingerprint density at radius 2 is 1.25 bits per heavy atom. The first kappa shape index (κ1) is 27.3. The van der Waals surface area contributed by atoms with Crippen LogP contribution >= 0.6 is 23.1 Å². The lowest BCUT2D eigenvalue weighted by molar-refractivity contribution is -0.0591. The maximum atomic E-state index is 13.1. The van der Waals surface area contributed by atoms with Crippen molar-refractivity contribution >= 4 is 41.0 Å². The number of nitrogens with zero attached hydrogens (tertiary/aromatic N) is 2. The Morgan fingerprint density at radius 3 is 1.73 bits per heavy atom. The van der Waals surface area contributed by atoms with Crippen LogP contribution in [0.2, 0.25) is 4.47 Å². The summed E-state index contributed by atoms with van der Waals surface area (Å²) in [5.74, 6) is -2.12. The highest BCUT2D eigenvalue weighted by Crippen LogP contribution is 2.36. The molecule has 1 saturated heterocycles. The second-order valence-corrected chi connectivity index (χ2v) is 10.1. The van der Waals surface area contributed by atoms with Crippen LogP contribution in [0.3, 0.4) is 0 Å². The Morgan fingerprint density at radius 1 is 0.775 bits per heavy atom. The van der Waals surface area contributed by atoms with Crippen molar-refractivity contribution in [3.8, 4) is 0 Å². The van der Waals surface area contributed by atoms with E-state index in [1.807, 2.05) is 0 Å². The molecule has 2 heterocycles. The summed E-state index contributed by atoms with van der Waals surface area (Å²) in [4.78, 5) is 55.1. The molecule has 1 aliphatic heterocycles. The van der Waals surface area contributed by atoms with Crippen LogP contribution in [0.25, 0.3) is 0 Å². The standard InChI is InChI=1S/C28H21ClN2O8S/c29-27-30-28(35)31(40-27)23-22(39-26(34)19-14-8-3-9-15-19)21(38-25(33)18-12-6-2-7-13-18)20(37-23)16-36-24(32)17-10-4-1-5-11-17/h1-15,20-23H,16H2/t20-,21-,22-,23-/m1/s1. The van der Waals surface area contributed by atoms with Crippen molar-refractivity contribution in [2.45, 2.75) is 24.5 Å². The van der Waals surface area contributed by atoms with E-state index < -0.39 is 48.1 Å². The lowest BCUT2D eigenvalue weighted by Crippen LogP contribution is -2.42. The van der Waals surface area contributed by atoms with Crippen LogP contribution in [0.4, 0.5) is 0 Å². The fourth-order valence-electron chi connectivity index (χ4n) is 4.07. The molecule has 1 fully saturated rings. The average Bonchev–Trinajstić information content (AvgIpc) is 3.50. The van der Waals surface area contributed by atoms with Gasteiger partial charge in [0.05, 0.1) is 16.7 Å². The van der Waals surface area contributed by atoms with Crippen LogP contribution in [-0.2, 0) is 18.9 Å². The fourth-order valence-corrected chi connectivity index (χ4v) is 5.04. The molecule has 10 nitrogen and oxygen atoms in total. The third kappa shape index (κ3) is 6.12. The van der Waals surface area contributed by atoms with E-state index in [1.54, 1.807) is 91.0 Å². The monoisotopic (exact) mass is 580 g/mol. The normalized spacial score (nSPS) is 20.0. The molecule has 40 heavy (non-hydrogen) atoms. The minimum Gasteiger partial charge on any atom is -0.459 e. The molecule has 1 aliphatic rings. The number of hydrogen-bond acceptors (Lipinski definition) is 10. The Balaban J connectivity index is 1.48. The quantitative estimate of drug-likeness (QED) is 0.223. The van der Waals surface area contributed by atoms with E-state index in [0.717, 1.165) is 15.5 Å². The Hall–Kier alpha value is -4.32. The second-order valence-electron chi connectivity index (χ2n) is 8.57. The SMILES string of the molecule is O=C(OC[C@H]1O[C@@H](n2sc(Cl)nc2=O)[C@H](OC(=O)c2ccccc2)[C@@H]1OC(=O)c1ccccc1)c1ccccc1. The molecule has 0 radical (unpaired) electrons. The second kappa shape index (κ2) is 12.2. The van der Waals surface area contributed by atoms with Gasteiger partial charge in [0, 0.05) is 0 Å². The number of ether oxygens (including phenoxy) is 4. The zero-order valence-corrected chi connectivity index (χ0v) is 22.2. The largest absolute Gasteiger partial charge is 0.459 e. The van der Waals surface area contributed by atoms with Gasteiger partial charge >= 0.3 is 23.6 Å². The van der Waals surface area contributed by atoms with Gasteiger partial charge in [-0.15, -0.1) is 0 Å². The number of halogens is 1. The lowest BCUT2D eigenvalue weighted by Gasteiger charge is -2.24. The summed E-state index contributed by atoms with van der Waals surface area (Å²) < 4.78 is 24.1. The zero-order chi connectivity index (χ0) is 28.1.